The highest BCUT2D eigenvalue weighted by molar-refractivity contribution is 5.99. The maximum atomic E-state index is 13.3. The molecule has 0 aliphatic heterocycles. The van der Waals surface area contributed by atoms with Crippen molar-refractivity contribution in [3.8, 4) is 0 Å². The monoisotopic (exact) mass is 340 g/mol. The predicted molar refractivity (Wildman–Crippen MR) is 101 cm³/mol. The van der Waals surface area contributed by atoms with E-state index in [4.69, 9.17) is 0 Å². The lowest BCUT2D eigenvalue weighted by Crippen LogP contribution is -2.38. The molecule has 0 unspecified atom stereocenters. The minimum atomic E-state index is -0.555. The van der Waals surface area contributed by atoms with E-state index in [1.807, 2.05) is 31.3 Å². The van der Waals surface area contributed by atoms with Gasteiger partial charge >= 0.3 is 0 Å². The van der Waals surface area contributed by atoms with E-state index in [2.05, 4.69) is 17.1 Å². The molecular weight excluding hydrogens is 315 g/mol. The van der Waals surface area contributed by atoms with Crippen molar-refractivity contribution in [3.05, 3.63) is 59.9 Å². The van der Waals surface area contributed by atoms with Gasteiger partial charge in [0.1, 0.15) is 5.82 Å². The van der Waals surface area contributed by atoms with Gasteiger partial charge in [0.25, 0.3) is 0 Å². The first-order chi connectivity index (χ1) is 12.0. The van der Waals surface area contributed by atoms with E-state index in [9.17, 15) is 9.18 Å². The van der Waals surface area contributed by atoms with Crippen molar-refractivity contribution in [2.75, 3.05) is 23.8 Å². The van der Waals surface area contributed by atoms with Crippen LogP contribution in [-0.2, 0) is 10.2 Å². The van der Waals surface area contributed by atoms with Crippen molar-refractivity contribution in [3.63, 3.8) is 0 Å². The number of hydrogen-bond donors (Lipinski definition) is 1. The third-order valence-corrected chi connectivity index (χ3v) is 5.31. The Hall–Kier alpha value is -2.36. The first kappa shape index (κ1) is 17.5. The Balaban J connectivity index is 1.86. The Kier molecular flexibility index (Phi) is 5.07. The fourth-order valence-corrected chi connectivity index (χ4v) is 3.65. The molecule has 1 N–H and O–H groups in total. The molecule has 2 aromatic carbocycles. The molecule has 3 rings (SSSR count). The van der Waals surface area contributed by atoms with Crippen LogP contribution < -0.4 is 10.2 Å². The molecule has 0 radical (unpaired) electrons. The number of halogens is 1. The van der Waals surface area contributed by atoms with Gasteiger partial charge in [-0.05, 0) is 55.7 Å². The fraction of sp³-hybridized carbons (Fsp3) is 0.381. The van der Waals surface area contributed by atoms with Crippen LogP contribution in [0.15, 0.2) is 48.5 Å². The SMILES string of the molecule is CCN(C)c1cccc(NC(=O)C2(c3ccc(F)cc3)CCCC2)c1. The first-order valence-electron chi connectivity index (χ1n) is 8.94. The number of carbonyl (C=O) groups excluding carboxylic acids is 1. The van der Waals surface area contributed by atoms with Crippen LogP contribution in [0.4, 0.5) is 15.8 Å². The number of benzene rings is 2. The van der Waals surface area contributed by atoms with Crippen LogP contribution in [0, 0.1) is 5.82 Å². The number of nitrogens with zero attached hydrogens (tertiary/aromatic N) is 1. The number of carbonyl (C=O) groups is 1. The van der Waals surface area contributed by atoms with E-state index < -0.39 is 5.41 Å². The molecule has 1 aliphatic carbocycles. The van der Waals surface area contributed by atoms with Crippen molar-refractivity contribution in [1.82, 2.24) is 0 Å². The van der Waals surface area contributed by atoms with Gasteiger partial charge in [-0.1, -0.05) is 31.0 Å². The second-order valence-corrected chi connectivity index (χ2v) is 6.81. The lowest BCUT2D eigenvalue weighted by Gasteiger charge is -2.28. The zero-order valence-corrected chi connectivity index (χ0v) is 14.9. The zero-order chi connectivity index (χ0) is 17.9. The number of hydrogen-bond acceptors (Lipinski definition) is 2. The number of nitrogens with one attached hydrogen (secondary N) is 1. The Morgan fingerprint density at radius 2 is 1.84 bits per heavy atom. The Labute approximate surface area is 148 Å². The van der Waals surface area contributed by atoms with Gasteiger partial charge in [-0.15, -0.1) is 0 Å². The highest BCUT2D eigenvalue weighted by Crippen LogP contribution is 2.42. The van der Waals surface area contributed by atoms with E-state index in [-0.39, 0.29) is 11.7 Å². The van der Waals surface area contributed by atoms with Crippen molar-refractivity contribution >= 4 is 17.3 Å². The molecule has 0 bridgehead atoms. The van der Waals surface area contributed by atoms with E-state index in [0.29, 0.717) is 0 Å². The molecule has 132 valence electrons. The summed E-state index contributed by atoms with van der Waals surface area (Å²) in [5.74, 6) is -0.263. The average Bonchev–Trinajstić information content (AvgIpc) is 3.13. The summed E-state index contributed by atoms with van der Waals surface area (Å²) in [6, 6.07) is 14.3. The minimum Gasteiger partial charge on any atom is -0.375 e. The van der Waals surface area contributed by atoms with E-state index in [1.54, 1.807) is 12.1 Å². The summed E-state index contributed by atoms with van der Waals surface area (Å²) in [4.78, 5) is 15.3. The van der Waals surface area contributed by atoms with E-state index in [1.165, 1.54) is 12.1 Å². The summed E-state index contributed by atoms with van der Waals surface area (Å²) < 4.78 is 13.3. The lowest BCUT2D eigenvalue weighted by molar-refractivity contribution is -0.121. The molecule has 1 fully saturated rings. The largest absolute Gasteiger partial charge is 0.375 e. The van der Waals surface area contributed by atoms with Crippen molar-refractivity contribution in [2.24, 2.45) is 0 Å². The van der Waals surface area contributed by atoms with Gasteiger partial charge in [-0.3, -0.25) is 4.79 Å². The third kappa shape index (κ3) is 3.53. The van der Waals surface area contributed by atoms with Crippen LogP contribution in [-0.4, -0.2) is 19.5 Å². The molecular formula is C21H25FN2O. The zero-order valence-electron chi connectivity index (χ0n) is 14.9. The van der Waals surface area contributed by atoms with Crippen LogP contribution in [0.5, 0.6) is 0 Å². The number of amides is 1. The lowest BCUT2D eigenvalue weighted by atomic mass is 9.78. The van der Waals surface area contributed by atoms with Crippen molar-refractivity contribution in [2.45, 2.75) is 38.0 Å². The standard InChI is InChI=1S/C21H25FN2O/c1-3-24(2)19-8-6-7-18(15-19)23-20(25)21(13-4-5-14-21)16-9-11-17(22)12-10-16/h6-12,15H,3-5,13-14H2,1-2H3,(H,23,25). The Bertz CT molecular complexity index is 736. The second-order valence-electron chi connectivity index (χ2n) is 6.81. The van der Waals surface area contributed by atoms with Crippen LogP contribution in [0.2, 0.25) is 0 Å². The molecule has 1 aliphatic rings. The molecule has 1 amide bonds. The molecule has 0 spiro atoms. The first-order valence-corrected chi connectivity index (χ1v) is 8.94. The fourth-order valence-electron chi connectivity index (χ4n) is 3.65. The van der Waals surface area contributed by atoms with Gasteiger partial charge in [0.05, 0.1) is 5.41 Å². The van der Waals surface area contributed by atoms with E-state index >= 15 is 0 Å². The molecule has 1 saturated carbocycles. The highest BCUT2D eigenvalue weighted by atomic mass is 19.1. The van der Waals surface area contributed by atoms with Gasteiger partial charge in [0.15, 0.2) is 0 Å². The number of anilines is 2. The smallest absolute Gasteiger partial charge is 0.235 e. The van der Waals surface area contributed by atoms with Crippen LogP contribution in [0.1, 0.15) is 38.2 Å². The van der Waals surface area contributed by atoms with Crippen LogP contribution in [0.3, 0.4) is 0 Å². The van der Waals surface area contributed by atoms with Gasteiger partial charge in [-0.25, -0.2) is 4.39 Å². The van der Waals surface area contributed by atoms with Gasteiger partial charge in [0, 0.05) is 25.0 Å². The third-order valence-electron chi connectivity index (χ3n) is 5.31. The summed E-state index contributed by atoms with van der Waals surface area (Å²) >= 11 is 0. The van der Waals surface area contributed by atoms with Gasteiger partial charge < -0.3 is 10.2 Å². The average molecular weight is 340 g/mol. The number of rotatable bonds is 5. The molecule has 2 aromatic rings. The summed E-state index contributed by atoms with van der Waals surface area (Å²) in [7, 11) is 2.03. The van der Waals surface area contributed by atoms with Crippen LogP contribution >= 0.6 is 0 Å². The van der Waals surface area contributed by atoms with Gasteiger partial charge in [0.2, 0.25) is 5.91 Å². The second kappa shape index (κ2) is 7.26. The molecule has 0 aromatic heterocycles. The molecule has 3 nitrogen and oxygen atoms in total. The van der Waals surface area contributed by atoms with E-state index in [0.717, 1.165) is 49.2 Å². The summed E-state index contributed by atoms with van der Waals surface area (Å²) in [6.45, 7) is 2.99. The molecule has 0 heterocycles. The minimum absolute atomic E-state index is 0.00732. The molecule has 4 heteroatoms. The topological polar surface area (TPSA) is 32.3 Å². The van der Waals surface area contributed by atoms with Crippen molar-refractivity contribution in [1.29, 1.82) is 0 Å². The Morgan fingerprint density at radius 3 is 2.48 bits per heavy atom. The Morgan fingerprint density at radius 1 is 1.16 bits per heavy atom. The molecule has 0 saturated heterocycles. The summed E-state index contributed by atoms with van der Waals surface area (Å²) in [5, 5.41) is 3.10. The molecule has 25 heavy (non-hydrogen) atoms. The molecule has 0 atom stereocenters. The maximum absolute atomic E-state index is 13.3. The quantitative estimate of drug-likeness (QED) is 0.853. The normalized spacial score (nSPS) is 15.8. The summed E-state index contributed by atoms with van der Waals surface area (Å²) in [5.41, 5.74) is 2.23. The maximum Gasteiger partial charge on any atom is 0.235 e. The summed E-state index contributed by atoms with van der Waals surface area (Å²) in [6.07, 6.45) is 3.64. The van der Waals surface area contributed by atoms with Crippen molar-refractivity contribution < 1.29 is 9.18 Å². The predicted octanol–water partition coefficient (Wildman–Crippen LogP) is 4.73. The van der Waals surface area contributed by atoms with Crippen LogP contribution in [0.25, 0.3) is 0 Å². The van der Waals surface area contributed by atoms with Gasteiger partial charge in [-0.2, -0.15) is 0 Å². The highest BCUT2D eigenvalue weighted by Gasteiger charge is 2.42.